The zero-order valence-electron chi connectivity index (χ0n) is 8.30. The molecule has 0 fully saturated rings. The number of para-hydroxylation sites is 1. The van der Waals surface area contributed by atoms with E-state index in [2.05, 4.69) is 9.97 Å². The summed E-state index contributed by atoms with van der Waals surface area (Å²) in [6.45, 7) is 2.04. The third kappa shape index (κ3) is 1.92. The van der Waals surface area contributed by atoms with Crippen molar-refractivity contribution in [1.29, 1.82) is 0 Å². The predicted octanol–water partition coefficient (Wildman–Crippen LogP) is 3.37. The maximum atomic E-state index is 13.4. The van der Waals surface area contributed by atoms with E-state index in [1.165, 1.54) is 6.07 Å². The normalized spacial score (nSPS) is 10.9. The van der Waals surface area contributed by atoms with Crippen molar-refractivity contribution in [2.75, 3.05) is 0 Å². The van der Waals surface area contributed by atoms with Crippen molar-refractivity contribution in [2.45, 2.75) is 19.8 Å². The van der Waals surface area contributed by atoms with Gasteiger partial charge in [0.15, 0.2) is 0 Å². The minimum atomic E-state index is -0.353. The molecule has 1 aromatic carbocycles. The van der Waals surface area contributed by atoms with Crippen LogP contribution in [0.4, 0.5) is 4.39 Å². The average Bonchev–Trinajstić information content (AvgIpc) is 2.20. The van der Waals surface area contributed by atoms with Crippen molar-refractivity contribution in [1.82, 2.24) is 9.97 Å². The summed E-state index contributed by atoms with van der Waals surface area (Å²) < 4.78 is 13.4. The fourth-order valence-corrected chi connectivity index (χ4v) is 1.76. The molecule has 0 aliphatic carbocycles. The Morgan fingerprint density at radius 2 is 2.13 bits per heavy atom. The van der Waals surface area contributed by atoms with Crippen LogP contribution < -0.4 is 0 Å². The van der Waals surface area contributed by atoms with Crippen molar-refractivity contribution in [3.8, 4) is 0 Å². The molecule has 0 amide bonds. The first-order chi connectivity index (χ1) is 7.22. The molecule has 78 valence electrons. The third-order valence-corrected chi connectivity index (χ3v) is 2.38. The number of fused-ring (bicyclic) bond motifs is 1. The largest absolute Gasteiger partial charge is 0.223 e. The summed E-state index contributed by atoms with van der Waals surface area (Å²) in [4.78, 5) is 8.02. The van der Waals surface area contributed by atoms with E-state index < -0.39 is 0 Å². The van der Waals surface area contributed by atoms with Gasteiger partial charge in [0.1, 0.15) is 11.3 Å². The van der Waals surface area contributed by atoms with Crippen LogP contribution >= 0.6 is 11.6 Å². The molecule has 0 saturated heterocycles. The maximum Gasteiger partial charge on any atom is 0.223 e. The Bertz CT molecular complexity index is 499. The summed E-state index contributed by atoms with van der Waals surface area (Å²) in [5, 5.41) is 0.859. The van der Waals surface area contributed by atoms with Crippen LogP contribution in [0.1, 0.15) is 19.0 Å². The Labute approximate surface area is 92.1 Å². The summed E-state index contributed by atoms with van der Waals surface area (Å²) in [6.07, 6.45) is 1.72. The zero-order valence-corrected chi connectivity index (χ0v) is 9.05. The van der Waals surface area contributed by atoms with E-state index in [9.17, 15) is 4.39 Å². The van der Waals surface area contributed by atoms with Crippen LogP contribution in [0.25, 0.3) is 10.9 Å². The second-order valence-corrected chi connectivity index (χ2v) is 3.66. The van der Waals surface area contributed by atoms with Gasteiger partial charge in [0.2, 0.25) is 5.28 Å². The molecular formula is C11H10ClFN2. The Morgan fingerprint density at radius 1 is 1.33 bits per heavy atom. The molecule has 2 nitrogen and oxygen atoms in total. The molecule has 0 saturated carbocycles. The molecule has 0 spiro atoms. The van der Waals surface area contributed by atoms with Crippen LogP contribution in [-0.4, -0.2) is 9.97 Å². The van der Waals surface area contributed by atoms with Crippen molar-refractivity contribution >= 4 is 22.5 Å². The van der Waals surface area contributed by atoms with Gasteiger partial charge < -0.3 is 0 Å². The SMILES string of the molecule is CCCc1nc(Cl)nc2c(F)cccc12. The number of aromatic nitrogens is 2. The van der Waals surface area contributed by atoms with Crippen LogP contribution in [0.5, 0.6) is 0 Å². The predicted molar refractivity (Wildman–Crippen MR) is 58.5 cm³/mol. The van der Waals surface area contributed by atoms with Gasteiger partial charge >= 0.3 is 0 Å². The minimum absolute atomic E-state index is 0.107. The molecule has 1 heterocycles. The lowest BCUT2D eigenvalue weighted by molar-refractivity contribution is 0.636. The molecule has 15 heavy (non-hydrogen) atoms. The van der Waals surface area contributed by atoms with E-state index in [4.69, 9.17) is 11.6 Å². The third-order valence-electron chi connectivity index (χ3n) is 2.22. The van der Waals surface area contributed by atoms with Crippen molar-refractivity contribution in [3.05, 3.63) is 35.0 Å². The smallest absolute Gasteiger partial charge is 0.222 e. The van der Waals surface area contributed by atoms with Crippen LogP contribution in [-0.2, 0) is 6.42 Å². The summed E-state index contributed by atoms with van der Waals surface area (Å²) in [6, 6.07) is 4.86. The van der Waals surface area contributed by atoms with Crippen LogP contribution in [0, 0.1) is 5.82 Å². The molecular weight excluding hydrogens is 215 g/mol. The summed E-state index contributed by atoms with van der Waals surface area (Å²) >= 11 is 5.74. The topological polar surface area (TPSA) is 25.8 Å². The van der Waals surface area contributed by atoms with Crippen LogP contribution in [0.15, 0.2) is 18.2 Å². The molecule has 0 atom stereocenters. The standard InChI is InChI=1S/C11H10ClFN2/c1-2-4-9-7-5-3-6-8(13)10(7)15-11(12)14-9/h3,5-6H,2,4H2,1H3. The molecule has 0 unspecified atom stereocenters. The number of benzene rings is 1. The van der Waals surface area contributed by atoms with Crippen molar-refractivity contribution in [2.24, 2.45) is 0 Å². The van der Waals surface area contributed by atoms with Gasteiger partial charge in [0.05, 0.1) is 5.69 Å². The highest BCUT2D eigenvalue weighted by Crippen LogP contribution is 2.21. The Hall–Kier alpha value is -1.22. The summed E-state index contributed by atoms with van der Waals surface area (Å²) in [5.74, 6) is -0.353. The van der Waals surface area contributed by atoms with Crippen LogP contribution in [0.2, 0.25) is 5.28 Å². The molecule has 1 aromatic heterocycles. The zero-order chi connectivity index (χ0) is 10.8. The minimum Gasteiger partial charge on any atom is -0.222 e. The first-order valence-electron chi connectivity index (χ1n) is 4.83. The fourth-order valence-electron chi connectivity index (χ4n) is 1.58. The van der Waals surface area contributed by atoms with Gasteiger partial charge in [-0.1, -0.05) is 25.5 Å². The fraction of sp³-hybridized carbons (Fsp3) is 0.273. The molecule has 0 N–H and O–H groups in total. The lowest BCUT2D eigenvalue weighted by atomic mass is 10.1. The molecule has 0 aliphatic heterocycles. The van der Waals surface area contributed by atoms with E-state index in [1.807, 2.05) is 13.0 Å². The van der Waals surface area contributed by atoms with Crippen molar-refractivity contribution < 1.29 is 4.39 Å². The second-order valence-electron chi connectivity index (χ2n) is 3.33. The molecule has 2 rings (SSSR count). The van der Waals surface area contributed by atoms with Gasteiger partial charge in [-0.3, -0.25) is 0 Å². The maximum absolute atomic E-state index is 13.4. The molecule has 0 bridgehead atoms. The molecule has 0 aliphatic rings. The van der Waals surface area contributed by atoms with E-state index in [1.54, 1.807) is 6.07 Å². The van der Waals surface area contributed by atoms with Gasteiger partial charge in [-0.15, -0.1) is 0 Å². The lowest BCUT2D eigenvalue weighted by Crippen LogP contribution is -1.96. The molecule has 2 aromatic rings. The molecule has 4 heteroatoms. The number of hydrogen-bond donors (Lipinski definition) is 0. The Morgan fingerprint density at radius 3 is 2.87 bits per heavy atom. The van der Waals surface area contributed by atoms with E-state index in [-0.39, 0.29) is 11.1 Å². The molecule has 0 radical (unpaired) electrons. The number of nitrogens with zero attached hydrogens (tertiary/aromatic N) is 2. The number of halogens is 2. The van der Waals surface area contributed by atoms with E-state index in [0.29, 0.717) is 5.52 Å². The number of aryl methyl sites for hydroxylation is 1. The average molecular weight is 225 g/mol. The summed E-state index contributed by atoms with van der Waals surface area (Å²) in [7, 11) is 0. The van der Waals surface area contributed by atoms with Crippen molar-refractivity contribution in [3.63, 3.8) is 0 Å². The highest BCUT2D eigenvalue weighted by atomic mass is 35.5. The Kier molecular flexibility index (Phi) is 2.82. The van der Waals surface area contributed by atoms with Gasteiger partial charge in [0, 0.05) is 5.39 Å². The highest BCUT2D eigenvalue weighted by molar-refractivity contribution is 6.28. The first-order valence-corrected chi connectivity index (χ1v) is 5.21. The monoisotopic (exact) mass is 224 g/mol. The van der Waals surface area contributed by atoms with Gasteiger partial charge in [-0.25, -0.2) is 14.4 Å². The quantitative estimate of drug-likeness (QED) is 0.731. The van der Waals surface area contributed by atoms with Gasteiger partial charge in [-0.2, -0.15) is 0 Å². The Balaban J connectivity index is 2.74. The van der Waals surface area contributed by atoms with E-state index in [0.717, 1.165) is 23.9 Å². The summed E-state index contributed by atoms with van der Waals surface area (Å²) in [5.41, 5.74) is 1.12. The highest BCUT2D eigenvalue weighted by Gasteiger charge is 2.08. The number of hydrogen-bond acceptors (Lipinski definition) is 2. The van der Waals surface area contributed by atoms with Gasteiger partial charge in [-0.05, 0) is 24.1 Å². The number of rotatable bonds is 2. The second kappa shape index (κ2) is 4.11. The van der Waals surface area contributed by atoms with E-state index >= 15 is 0 Å². The first kappa shape index (κ1) is 10.3. The van der Waals surface area contributed by atoms with Gasteiger partial charge in [0.25, 0.3) is 0 Å². The lowest BCUT2D eigenvalue weighted by Gasteiger charge is -2.04. The van der Waals surface area contributed by atoms with Crippen LogP contribution in [0.3, 0.4) is 0 Å².